The highest BCUT2D eigenvalue weighted by molar-refractivity contribution is 5.89. The fourth-order valence-electron chi connectivity index (χ4n) is 7.33. The normalized spacial score (nSPS) is 21.3. The number of hydrogen-bond donors (Lipinski definition) is 2. The number of hydrogen-bond acceptors (Lipinski definition) is 5. The highest BCUT2D eigenvalue weighted by Gasteiger charge is 2.43. The third-order valence-corrected chi connectivity index (χ3v) is 9.41. The summed E-state index contributed by atoms with van der Waals surface area (Å²) in [5.74, 6) is 1.45. The number of esters is 1. The van der Waals surface area contributed by atoms with Crippen molar-refractivity contribution in [3.05, 3.63) is 59.3 Å². The van der Waals surface area contributed by atoms with Crippen LogP contribution >= 0.6 is 0 Å². The summed E-state index contributed by atoms with van der Waals surface area (Å²) in [4.78, 5) is 13.5. The van der Waals surface area contributed by atoms with Crippen molar-refractivity contribution in [2.24, 2.45) is 5.92 Å². The van der Waals surface area contributed by atoms with Crippen molar-refractivity contribution in [3.63, 3.8) is 0 Å². The molecule has 1 aliphatic heterocycles. The average Bonchev–Trinajstić information content (AvgIpc) is 3.27. The molecule has 0 spiro atoms. The van der Waals surface area contributed by atoms with Crippen LogP contribution in [0, 0.1) is 12.8 Å². The van der Waals surface area contributed by atoms with Crippen LogP contribution in [-0.2, 0) is 21.6 Å². The first-order chi connectivity index (χ1) is 20.1. The molecule has 6 heteroatoms. The van der Waals surface area contributed by atoms with Crippen molar-refractivity contribution in [1.29, 1.82) is 0 Å². The van der Waals surface area contributed by atoms with Crippen LogP contribution in [0.3, 0.4) is 0 Å². The number of rotatable bonds is 8. The summed E-state index contributed by atoms with van der Waals surface area (Å²) in [6, 6.07) is 15.0. The molecule has 0 bridgehead atoms. The number of carbonyl (C=O) groups is 1. The quantitative estimate of drug-likeness (QED) is 0.277. The van der Waals surface area contributed by atoms with Gasteiger partial charge in [-0.3, -0.25) is 4.79 Å². The first kappa shape index (κ1) is 29.5. The molecule has 2 heterocycles. The standard InChI is InChI=1S/C35H49N3O3/c1-4-38-26(2)34(29-16-10-11-17-31(29)38)35(25-33(39)41-23-13-6-5-12-21-37-35)30-19-18-28(24-32(30)40-3)36-22-20-27-14-8-7-9-15-27/h10-11,16-19,24,27,36-37H,4-9,12-15,20-23,25H2,1-3H3. The van der Waals surface area contributed by atoms with Gasteiger partial charge in [0.05, 0.1) is 25.7 Å². The lowest BCUT2D eigenvalue weighted by Crippen LogP contribution is -2.46. The summed E-state index contributed by atoms with van der Waals surface area (Å²) in [5, 5.41) is 8.76. The molecule has 0 radical (unpaired) electrons. The highest BCUT2D eigenvalue weighted by Crippen LogP contribution is 2.45. The lowest BCUT2D eigenvalue weighted by Gasteiger charge is -2.37. The van der Waals surface area contributed by atoms with Gasteiger partial charge in [-0.15, -0.1) is 0 Å². The molecule has 2 aliphatic rings. The summed E-state index contributed by atoms with van der Waals surface area (Å²) in [7, 11) is 1.74. The van der Waals surface area contributed by atoms with Crippen LogP contribution in [0.2, 0.25) is 0 Å². The maximum absolute atomic E-state index is 13.5. The monoisotopic (exact) mass is 559 g/mol. The predicted molar refractivity (Wildman–Crippen MR) is 168 cm³/mol. The Kier molecular flexibility index (Phi) is 9.92. The van der Waals surface area contributed by atoms with Gasteiger partial charge in [-0.2, -0.15) is 0 Å². The maximum Gasteiger partial charge on any atom is 0.308 e. The molecule has 2 N–H and O–H groups in total. The van der Waals surface area contributed by atoms with Crippen LogP contribution in [0.1, 0.15) is 94.4 Å². The summed E-state index contributed by atoms with van der Waals surface area (Å²) < 4.78 is 14.3. The largest absolute Gasteiger partial charge is 0.496 e. The van der Waals surface area contributed by atoms with Crippen molar-refractivity contribution < 1.29 is 14.3 Å². The topological polar surface area (TPSA) is 64.5 Å². The maximum atomic E-state index is 13.5. The smallest absolute Gasteiger partial charge is 0.308 e. The number of carbonyl (C=O) groups excluding carboxylic acids is 1. The predicted octanol–water partition coefficient (Wildman–Crippen LogP) is 7.70. The summed E-state index contributed by atoms with van der Waals surface area (Å²) in [6.07, 6.45) is 12.4. The van der Waals surface area contributed by atoms with Gasteiger partial charge in [-0.25, -0.2) is 0 Å². The molecule has 0 amide bonds. The Labute approximate surface area is 246 Å². The third kappa shape index (κ3) is 6.43. The lowest BCUT2D eigenvalue weighted by molar-refractivity contribution is -0.145. The van der Waals surface area contributed by atoms with Crippen molar-refractivity contribution in [3.8, 4) is 5.75 Å². The number of aromatic nitrogens is 1. The molecular weight excluding hydrogens is 510 g/mol. The van der Waals surface area contributed by atoms with E-state index >= 15 is 0 Å². The molecule has 6 nitrogen and oxygen atoms in total. The second kappa shape index (κ2) is 13.8. The number of methoxy groups -OCH3 is 1. The molecule has 1 saturated carbocycles. The number of aryl methyl sites for hydroxylation is 1. The fourth-order valence-corrected chi connectivity index (χ4v) is 7.33. The number of para-hydroxylation sites is 1. The number of fused-ring (bicyclic) bond motifs is 1. The number of anilines is 1. The molecule has 3 aromatic rings. The Balaban J connectivity index is 1.59. The van der Waals surface area contributed by atoms with Gasteiger partial charge in [0.1, 0.15) is 5.75 Å². The molecule has 1 aromatic heterocycles. The molecule has 2 aromatic carbocycles. The molecule has 1 aliphatic carbocycles. The average molecular weight is 560 g/mol. The zero-order valence-electron chi connectivity index (χ0n) is 25.4. The minimum atomic E-state index is -0.794. The zero-order valence-corrected chi connectivity index (χ0v) is 25.4. The lowest BCUT2D eigenvalue weighted by atomic mass is 9.77. The number of benzene rings is 2. The minimum Gasteiger partial charge on any atom is -0.496 e. The van der Waals surface area contributed by atoms with E-state index in [0.29, 0.717) is 6.61 Å². The van der Waals surface area contributed by atoms with Crippen LogP contribution in [0.25, 0.3) is 10.9 Å². The summed E-state index contributed by atoms with van der Waals surface area (Å²) in [5.41, 5.74) is 4.74. The van der Waals surface area contributed by atoms with Crippen LogP contribution in [0.4, 0.5) is 5.69 Å². The van der Waals surface area contributed by atoms with Crippen LogP contribution < -0.4 is 15.4 Å². The van der Waals surface area contributed by atoms with Crippen LogP contribution in [0.5, 0.6) is 5.75 Å². The van der Waals surface area contributed by atoms with Gasteiger partial charge in [0.25, 0.3) is 0 Å². The van der Waals surface area contributed by atoms with Crippen molar-refractivity contribution >= 4 is 22.6 Å². The number of cyclic esters (lactones) is 1. The number of nitrogens with one attached hydrogen (secondary N) is 2. The van der Waals surface area contributed by atoms with E-state index in [9.17, 15) is 4.79 Å². The Hall–Kier alpha value is -2.99. The van der Waals surface area contributed by atoms with Gasteiger partial charge in [-0.05, 0) is 57.7 Å². The molecular formula is C35H49N3O3. The van der Waals surface area contributed by atoms with Gasteiger partial charge >= 0.3 is 5.97 Å². The number of nitrogens with zero attached hydrogens (tertiary/aromatic N) is 1. The van der Waals surface area contributed by atoms with E-state index in [0.717, 1.165) is 73.8 Å². The zero-order chi connectivity index (χ0) is 28.7. The van der Waals surface area contributed by atoms with Crippen molar-refractivity contribution in [2.75, 3.05) is 32.1 Å². The molecule has 5 rings (SSSR count). The van der Waals surface area contributed by atoms with Crippen LogP contribution in [-0.4, -0.2) is 37.3 Å². The third-order valence-electron chi connectivity index (χ3n) is 9.41. The van der Waals surface area contributed by atoms with E-state index in [-0.39, 0.29) is 12.4 Å². The van der Waals surface area contributed by atoms with E-state index < -0.39 is 5.54 Å². The molecule has 1 unspecified atom stereocenters. The molecule has 1 atom stereocenters. The summed E-state index contributed by atoms with van der Waals surface area (Å²) in [6.45, 7) is 7.48. The van der Waals surface area contributed by atoms with Gasteiger partial charge in [0, 0.05) is 52.6 Å². The van der Waals surface area contributed by atoms with Gasteiger partial charge in [0.15, 0.2) is 0 Å². The van der Waals surface area contributed by atoms with E-state index in [1.54, 1.807) is 7.11 Å². The second-order valence-electron chi connectivity index (χ2n) is 12.0. The minimum absolute atomic E-state index is 0.177. The Morgan fingerprint density at radius 3 is 2.63 bits per heavy atom. The van der Waals surface area contributed by atoms with E-state index in [1.165, 1.54) is 55.1 Å². The second-order valence-corrected chi connectivity index (χ2v) is 12.0. The van der Waals surface area contributed by atoms with E-state index in [4.69, 9.17) is 9.47 Å². The fraction of sp³-hybridized carbons (Fsp3) is 0.571. The summed E-state index contributed by atoms with van der Waals surface area (Å²) >= 11 is 0. The first-order valence-corrected chi connectivity index (χ1v) is 16.0. The van der Waals surface area contributed by atoms with Gasteiger partial charge < -0.3 is 24.7 Å². The van der Waals surface area contributed by atoms with E-state index in [2.05, 4.69) is 71.5 Å². The Morgan fingerprint density at radius 2 is 1.83 bits per heavy atom. The number of ether oxygens (including phenoxy) is 2. The molecule has 41 heavy (non-hydrogen) atoms. The molecule has 222 valence electrons. The Bertz CT molecular complexity index is 1310. The molecule has 1 saturated heterocycles. The Morgan fingerprint density at radius 1 is 1.05 bits per heavy atom. The SMILES string of the molecule is CCn1c(C)c(C2(c3ccc(NCCC4CCCCC4)cc3OC)CC(=O)OCCCCCCN2)c2ccccc21. The van der Waals surface area contributed by atoms with Crippen molar-refractivity contribution in [1.82, 2.24) is 9.88 Å². The van der Waals surface area contributed by atoms with E-state index in [1.807, 2.05) is 0 Å². The van der Waals surface area contributed by atoms with Gasteiger partial charge in [0.2, 0.25) is 0 Å². The first-order valence-electron chi connectivity index (χ1n) is 16.0. The van der Waals surface area contributed by atoms with Crippen molar-refractivity contribution in [2.45, 2.75) is 96.6 Å². The van der Waals surface area contributed by atoms with Gasteiger partial charge in [-0.1, -0.05) is 69.2 Å². The van der Waals surface area contributed by atoms with Crippen LogP contribution in [0.15, 0.2) is 42.5 Å². The highest BCUT2D eigenvalue weighted by atomic mass is 16.5. The molecule has 2 fully saturated rings.